The van der Waals surface area contributed by atoms with Crippen LogP contribution in [0.15, 0.2) is 0 Å². The van der Waals surface area contributed by atoms with Crippen LogP contribution in [0.2, 0.25) is 0 Å². The summed E-state index contributed by atoms with van der Waals surface area (Å²) in [6, 6.07) is -1.14. The molecule has 2 amide bonds. The molecule has 0 fully saturated rings. The van der Waals surface area contributed by atoms with Crippen LogP contribution in [-0.2, 0) is 19.1 Å². The molecule has 0 radical (unpaired) electrons. The molecular formula is C13H24N2O5. The van der Waals surface area contributed by atoms with E-state index < -0.39 is 29.6 Å². The van der Waals surface area contributed by atoms with Crippen molar-refractivity contribution in [3.8, 4) is 0 Å². The van der Waals surface area contributed by atoms with Gasteiger partial charge in [-0.1, -0.05) is 13.8 Å². The van der Waals surface area contributed by atoms with E-state index in [1.54, 1.807) is 20.8 Å². The van der Waals surface area contributed by atoms with Gasteiger partial charge in [0.2, 0.25) is 5.91 Å². The van der Waals surface area contributed by atoms with Crippen molar-refractivity contribution in [2.75, 3.05) is 6.61 Å². The third kappa shape index (κ3) is 9.18. The zero-order valence-electron chi connectivity index (χ0n) is 12.7. The zero-order valence-corrected chi connectivity index (χ0v) is 12.7. The third-order valence-corrected chi connectivity index (χ3v) is 1.94. The summed E-state index contributed by atoms with van der Waals surface area (Å²) in [6.45, 7) is 9.01. The van der Waals surface area contributed by atoms with E-state index >= 15 is 0 Å². The van der Waals surface area contributed by atoms with E-state index in [0.717, 1.165) is 0 Å². The first kappa shape index (κ1) is 18.2. The second-order valence-electron chi connectivity index (χ2n) is 5.89. The fourth-order valence-electron chi connectivity index (χ4n) is 1.19. The molecule has 0 aliphatic carbocycles. The number of alkyl carbamates (subject to hydrolysis) is 1. The highest BCUT2D eigenvalue weighted by Gasteiger charge is 2.27. The second-order valence-corrected chi connectivity index (χ2v) is 5.89. The Kier molecular flexibility index (Phi) is 7.02. The molecule has 0 saturated carbocycles. The molecule has 20 heavy (non-hydrogen) atoms. The number of esters is 1. The first-order chi connectivity index (χ1) is 9.01. The van der Waals surface area contributed by atoms with E-state index in [4.69, 9.17) is 15.2 Å². The Balaban J connectivity index is 4.59. The van der Waals surface area contributed by atoms with Crippen LogP contribution in [0.4, 0.5) is 4.79 Å². The molecule has 0 heterocycles. The zero-order chi connectivity index (χ0) is 15.9. The Morgan fingerprint density at radius 3 is 2.15 bits per heavy atom. The number of rotatable bonds is 6. The lowest BCUT2D eigenvalue weighted by atomic mass is 10.2. The molecule has 0 saturated heterocycles. The first-order valence-electron chi connectivity index (χ1n) is 6.45. The predicted molar refractivity (Wildman–Crippen MR) is 72.8 cm³/mol. The van der Waals surface area contributed by atoms with Crippen LogP contribution in [0.3, 0.4) is 0 Å². The summed E-state index contributed by atoms with van der Waals surface area (Å²) >= 11 is 0. The van der Waals surface area contributed by atoms with Crippen LogP contribution in [0.25, 0.3) is 0 Å². The van der Waals surface area contributed by atoms with Crippen LogP contribution in [0.1, 0.15) is 41.0 Å². The van der Waals surface area contributed by atoms with Gasteiger partial charge in [0.15, 0.2) is 0 Å². The third-order valence-electron chi connectivity index (χ3n) is 1.94. The van der Waals surface area contributed by atoms with Gasteiger partial charge in [-0.2, -0.15) is 0 Å². The van der Waals surface area contributed by atoms with Crippen molar-refractivity contribution in [2.45, 2.75) is 52.7 Å². The summed E-state index contributed by atoms with van der Waals surface area (Å²) in [7, 11) is 0. The lowest BCUT2D eigenvalue weighted by Crippen LogP contribution is -2.46. The minimum absolute atomic E-state index is 0.148. The molecule has 7 heteroatoms. The summed E-state index contributed by atoms with van der Waals surface area (Å²) in [4.78, 5) is 34.3. The summed E-state index contributed by atoms with van der Waals surface area (Å²) < 4.78 is 10.00. The van der Waals surface area contributed by atoms with Crippen molar-refractivity contribution in [1.82, 2.24) is 5.32 Å². The largest absolute Gasteiger partial charge is 0.464 e. The van der Waals surface area contributed by atoms with Gasteiger partial charge in [-0.05, 0) is 26.7 Å². The smallest absolute Gasteiger partial charge is 0.408 e. The molecule has 3 N–H and O–H groups in total. The van der Waals surface area contributed by atoms with Crippen molar-refractivity contribution in [2.24, 2.45) is 11.7 Å². The average Bonchev–Trinajstić information content (AvgIpc) is 2.21. The number of ether oxygens (including phenoxy) is 2. The number of nitrogens with one attached hydrogen (secondary N) is 1. The highest BCUT2D eigenvalue weighted by Crippen LogP contribution is 2.08. The van der Waals surface area contributed by atoms with Gasteiger partial charge in [-0.15, -0.1) is 0 Å². The summed E-state index contributed by atoms with van der Waals surface area (Å²) in [5.41, 5.74) is 4.35. The molecule has 1 atom stereocenters. The Morgan fingerprint density at radius 1 is 1.20 bits per heavy atom. The van der Waals surface area contributed by atoms with E-state index in [-0.39, 0.29) is 18.9 Å². The van der Waals surface area contributed by atoms with Gasteiger partial charge in [-0.25, -0.2) is 9.59 Å². The Bertz CT molecular complexity index is 360. The summed E-state index contributed by atoms with van der Waals surface area (Å²) in [5.74, 6) is -1.27. The van der Waals surface area contributed by atoms with E-state index in [0.29, 0.717) is 0 Å². The summed E-state index contributed by atoms with van der Waals surface area (Å²) in [5, 5.41) is 2.29. The van der Waals surface area contributed by atoms with Crippen molar-refractivity contribution in [3.05, 3.63) is 0 Å². The maximum absolute atomic E-state index is 11.8. The van der Waals surface area contributed by atoms with Crippen molar-refractivity contribution in [3.63, 3.8) is 0 Å². The standard InChI is InChI=1S/C13H24N2O5/c1-8(2)7-19-11(17)9(6-10(14)16)15-12(18)20-13(3,4)5/h8-9H,6-7H2,1-5H3,(H2,14,16)(H,15,18)/t9-/m0/s1. The van der Waals surface area contributed by atoms with Crippen LogP contribution in [0, 0.1) is 5.92 Å². The molecule has 0 bridgehead atoms. The van der Waals surface area contributed by atoms with Crippen molar-refractivity contribution in [1.29, 1.82) is 0 Å². The lowest BCUT2D eigenvalue weighted by Gasteiger charge is -2.22. The van der Waals surface area contributed by atoms with Crippen LogP contribution in [-0.4, -0.2) is 36.2 Å². The molecule has 0 rings (SSSR count). The molecule has 0 unspecified atom stereocenters. The minimum Gasteiger partial charge on any atom is -0.464 e. The molecule has 0 aliphatic heterocycles. The first-order valence-corrected chi connectivity index (χ1v) is 6.45. The van der Waals surface area contributed by atoms with Crippen LogP contribution >= 0.6 is 0 Å². The molecule has 0 aromatic heterocycles. The predicted octanol–water partition coefficient (Wildman–Crippen LogP) is 0.954. The van der Waals surface area contributed by atoms with Crippen molar-refractivity contribution < 1.29 is 23.9 Å². The van der Waals surface area contributed by atoms with Gasteiger partial charge < -0.3 is 20.5 Å². The van der Waals surface area contributed by atoms with Crippen LogP contribution in [0.5, 0.6) is 0 Å². The molecular weight excluding hydrogens is 264 g/mol. The second kappa shape index (κ2) is 7.72. The van der Waals surface area contributed by atoms with Gasteiger partial charge in [0.05, 0.1) is 13.0 Å². The topological polar surface area (TPSA) is 108 Å². The number of hydrogen-bond donors (Lipinski definition) is 2. The normalized spacial score (nSPS) is 12.7. The van der Waals surface area contributed by atoms with Gasteiger partial charge in [0, 0.05) is 0 Å². The monoisotopic (exact) mass is 288 g/mol. The maximum Gasteiger partial charge on any atom is 0.408 e. The van der Waals surface area contributed by atoms with E-state index in [2.05, 4.69) is 5.32 Å². The van der Waals surface area contributed by atoms with Crippen LogP contribution < -0.4 is 11.1 Å². The van der Waals surface area contributed by atoms with E-state index in [9.17, 15) is 14.4 Å². The van der Waals surface area contributed by atoms with Gasteiger partial charge >= 0.3 is 12.1 Å². The van der Waals surface area contributed by atoms with Gasteiger partial charge in [-0.3, -0.25) is 4.79 Å². The number of carbonyl (C=O) groups is 3. The van der Waals surface area contributed by atoms with E-state index in [1.165, 1.54) is 0 Å². The Morgan fingerprint density at radius 2 is 1.75 bits per heavy atom. The maximum atomic E-state index is 11.8. The van der Waals surface area contributed by atoms with Crippen molar-refractivity contribution >= 4 is 18.0 Å². The minimum atomic E-state index is -1.14. The number of carbonyl (C=O) groups excluding carboxylic acids is 3. The highest BCUT2D eigenvalue weighted by atomic mass is 16.6. The number of nitrogens with two attached hydrogens (primary N) is 1. The molecule has 0 aliphatic rings. The molecule has 116 valence electrons. The number of primary amides is 1. The number of amides is 2. The summed E-state index contributed by atoms with van der Waals surface area (Å²) in [6.07, 6.45) is -1.14. The average molecular weight is 288 g/mol. The fourth-order valence-corrected chi connectivity index (χ4v) is 1.19. The molecule has 0 spiro atoms. The number of hydrogen-bond acceptors (Lipinski definition) is 5. The van der Waals surface area contributed by atoms with Gasteiger partial charge in [0.25, 0.3) is 0 Å². The highest BCUT2D eigenvalue weighted by molar-refractivity contribution is 5.87. The van der Waals surface area contributed by atoms with Gasteiger partial charge in [0.1, 0.15) is 11.6 Å². The van der Waals surface area contributed by atoms with E-state index in [1.807, 2.05) is 13.8 Å². The fraction of sp³-hybridized carbons (Fsp3) is 0.769. The quantitative estimate of drug-likeness (QED) is 0.708. The molecule has 0 aromatic carbocycles. The lowest BCUT2D eigenvalue weighted by molar-refractivity contribution is -0.148. The molecule has 7 nitrogen and oxygen atoms in total. The molecule has 0 aromatic rings. The Labute approximate surface area is 119 Å². The Hall–Kier alpha value is -1.79. The SMILES string of the molecule is CC(C)COC(=O)[C@H](CC(N)=O)NC(=O)OC(C)(C)C.